The fourth-order valence-corrected chi connectivity index (χ4v) is 2.81. The average Bonchev–Trinajstić information content (AvgIpc) is 2.82. The molecule has 2 rings (SSSR count). The molecule has 19 heavy (non-hydrogen) atoms. The molecule has 0 radical (unpaired) electrons. The van der Waals surface area contributed by atoms with Crippen LogP contribution >= 0.6 is 11.3 Å². The van der Waals surface area contributed by atoms with E-state index in [0.717, 1.165) is 13.0 Å². The Balaban J connectivity index is 1.90. The lowest BCUT2D eigenvalue weighted by molar-refractivity contribution is -0.125. The van der Waals surface area contributed by atoms with E-state index in [2.05, 4.69) is 16.8 Å². The first-order valence-electron chi connectivity index (χ1n) is 6.28. The number of urea groups is 1. The van der Waals surface area contributed by atoms with E-state index in [1.54, 1.807) is 30.1 Å². The smallest absolute Gasteiger partial charge is 0.317 e. The molecule has 3 amide bonds. The second-order valence-corrected chi connectivity index (χ2v) is 6.45. The van der Waals surface area contributed by atoms with Crippen molar-refractivity contribution in [2.75, 3.05) is 13.1 Å². The first-order chi connectivity index (χ1) is 8.90. The fraction of sp³-hybridized carbons (Fsp3) is 0.538. The molecule has 0 saturated heterocycles. The normalized spacial score (nSPS) is 14.9. The molecule has 104 valence electrons. The van der Waals surface area contributed by atoms with Crippen LogP contribution in [0.15, 0.2) is 11.4 Å². The molecule has 1 aromatic rings. The van der Waals surface area contributed by atoms with Crippen molar-refractivity contribution in [2.24, 2.45) is 11.1 Å². The third-order valence-electron chi connectivity index (χ3n) is 3.44. The Labute approximate surface area is 116 Å². The molecule has 3 N–H and O–H groups in total. The van der Waals surface area contributed by atoms with Crippen molar-refractivity contribution in [2.45, 2.75) is 26.8 Å². The Morgan fingerprint density at radius 3 is 2.95 bits per heavy atom. The van der Waals surface area contributed by atoms with Gasteiger partial charge in [-0.1, -0.05) is 0 Å². The first kappa shape index (κ1) is 13.9. The molecule has 0 saturated carbocycles. The van der Waals surface area contributed by atoms with Gasteiger partial charge >= 0.3 is 6.03 Å². The molecule has 0 unspecified atom stereocenters. The molecule has 1 aliphatic heterocycles. The highest BCUT2D eigenvalue weighted by Gasteiger charge is 2.27. The van der Waals surface area contributed by atoms with Crippen molar-refractivity contribution >= 4 is 23.3 Å². The van der Waals surface area contributed by atoms with Crippen LogP contribution in [-0.2, 0) is 17.8 Å². The largest absolute Gasteiger partial charge is 0.369 e. The van der Waals surface area contributed by atoms with Crippen LogP contribution < -0.4 is 11.1 Å². The molecule has 0 aromatic carbocycles. The minimum Gasteiger partial charge on any atom is -0.369 e. The summed E-state index contributed by atoms with van der Waals surface area (Å²) < 4.78 is 0. The summed E-state index contributed by atoms with van der Waals surface area (Å²) in [7, 11) is 0. The van der Waals surface area contributed by atoms with Crippen LogP contribution in [0.1, 0.15) is 24.3 Å². The number of rotatable bonds is 3. The summed E-state index contributed by atoms with van der Waals surface area (Å²) in [6.07, 6.45) is 0.902. The van der Waals surface area contributed by atoms with E-state index in [1.807, 2.05) is 0 Å². The van der Waals surface area contributed by atoms with E-state index in [9.17, 15) is 9.59 Å². The lowest BCUT2D eigenvalue weighted by Gasteiger charge is -2.29. The summed E-state index contributed by atoms with van der Waals surface area (Å²) in [4.78, 5) is 26.4. The van der Waals surface area contributed by atoms with Crippen molar-refractivity contribution < 1.29 is 9.59 Å². The molecule has 0 aliphatic carbocycles. The number of amides is 3. The highest BCUT2D eigenvalue weighted by Crippen LogP contribution is 2.24. The number of hydrogen-bond acceptors (Lipinski definition) is 3. The van der Waals surface area contributed by atoms with Crippen LogP contribution in [0.2, 0.25) is 0 Å². The van der Waals surface area contributed by atoms with Gasteiger partial charge in [0.1, 0.15) is 0 Å². The molecular formula is C13H19N3O2S. The zero-order chi connectivity index (χ0) is 14.0. The van der Waals surface area contributed by atoms with Gasteiger partial charge in [0.25, 0.3) is 0 Å². The zero-order valence-electron chi connectivity index (χ0n) is 11.2. The van der Waals surface area contributed by atoms with E-state index in [0.29, 0.717) is 6.54 Å². The van der Waals surface area contributed by atoms with Crippen molar-refractivity contribution in [3.8, 4) is 0 Å². The number of nitrogens with zero attached hydrogens (tertiary/aromatic N) is 1. The maximum Gasteiger partial charge on any atom is 0.317 e. The van der Waals surface area contributed by atoms with Crippen molar-refractivity contribution in [3.63, 3.8) is 0 Å². The molecular weight excluding hydrogens is 262 g/mol. The topological polar surface area (TPSA) is 75.4 Å². The molecule has 1 aliphatic rings. The predicted octanol–water partition coefficient (Wildman–Crippen LogP) is 1.33. The number of carbonyl (C=O) groups excluding carboxylic acids is 2. The number of thiophene rings is 1. The molecule has 2 heterocycles. The second-order valence-electron chi connectivity index (χ2n) is 5.45. The van der Waals surface area contributed by atoms with Crippen LogP contribution in [0.3, 0.4) is 0 Å². The SMILES string of the molecule is CC(C)(CNC(=O)N1CCc2sccc2C1)C(N)=O. The highest BCUT2D eigenvalue weighted by atomic mass is 32.1. The Bertz CT molecular complexity index is 496. The summed E-state index contributed by atoms with van der Waals surface area (Å²) in [5.41, 5.74) is 5.78. The third-order valence-corrected chi connectivity index (χ3v) is 4.47. The predicted molar refractivity (Wildman–Crippen MR) is 74.8 cm³/mol. The fourth-order valence-electron chi connectivity index (χ4n) is 1.92. The molecule has 0 fully saturated rings. The standard InChI is InChI=1S/C13H19N3O2S/c1-13(2,11(14)17)8-15-12(18)16-5-3-10-9(7-16)4-6-19-10/h4,6H,3,5,7-8H2,1-2H3,(H2,14,17)(H,15,18). The van der Waals surface area contributed by atoms with E-state index < -0.39 is 11.3 Å². The van der Waals surface area contributed by atoms with Gasteiger partial charge in [0.2, 0.25) is 5.91 Å². The van der Waals surface area contributed by atoms with Crippen LogP contribution in [-0.4, -0.2) is 29.9 Å². The number of nitrogens with two attached hydrogens (primary N) is 1. The molecule has 1 aromatic heterocycles. The minimum atomic E-state index is -0.723. The number of hydrogen-bond donors (Lipinski definition) is 2. The van der Waals surface area contributed by atoms with Gasteiger partial charge in [-0.25, -0.2) is 4.79 Å². The lowest BCUT2D eigenvalue weighted by Crippen LogP contribution is -2.48. The van der Waals surface area contributed by atoms with Gasteiger partial charge < -0.3 is 16.0 Å². The molecule has 6 heteroatoms. The van der Waals surface area contributed by atoms with Crippen molar-refractivity contribution in [1.82, 2.24) is 10.2 Å². The van der Waals surface area contributed by atoms with Gasteiger partial charge in [-0.3, -0.25) is 4.79 Å². The minimum absolute atomic E-state index is 0.133. The summed E-state index contributed by atoms with van der Waals surface area (Å²) in [6.45, 7) is 5.07. The summed E-state index contributed by atoms with van der Waals surface area (Å²) in [5.74, 6) is -0.411. The highest BCUT2D eigenvalue weighted by molar-refractivity contribution is 7.10. The van der Waals surface area contributed by atoms with Crippen LogP contribution in [0, 0.1) is 5.41 Å². The number of nitrogens with one attached hydrogen (secondary N) is 1. The third kappa shape index (κ3) is 3.07. The molecule has 0 bridgehead atoms. The van der Waals surface area contributed by atoms with E-state index in [-0.39, 0.29) is 12.6 Å². The van der Waals surface area contributed by atoms with E-state index >= 15 is 0 Å². The van der Waals surface area contributed by atoms with Gasteiger partial charge in [-0.15, -0.1) is 11.3 Å². The summed E-state index contributed by atoms with van der Waals surface area (Å²) >= 11 is 1.74. The van der Waals surface area contributed by atoms with Crippen LogP contribution in [0.25, 0.3) is 0 Å². The van der Waals surface area contributed by atoms with E-state index in [4.69, 9.17) is 5.73 Å². The first-order valence-corrected chi connectivity index (χ1v) is 7.16. The van der Waals surface area contributed by atoms with Crippen molar-refractivity contribution in [1.29, 1.82) is 0 Å². The monoisotopic (exact) mass is 281 g/mol. The Morgan fingerprint density at radius 2 is 2.26 bits per heavy atom. The molecule has 0 atom stereocenters. The van der Waals surface area contributed by atoms with Crippen LogP contribution in [0.4, 0.5) is 4.79 Å². The quantitative estimate of drug-likeness (QED) is 0.877. The van der Waals surface area contributed by atoms with Gasteiger partial charge in [-0.05, 0) is 37.3 Å². The summed E-state index contributed by atoms with van der Waals surface area (Å²) in [6, 6.07) is 1.93. The average molecular weight is 281 g/mol. The number of carbonyl (C=O) groups is 2. The second kappa shape index (κ2) is 5.21. The van der Waals surface area contributed by atoms with Gasteiger partial charge in [-0.2, -0.15) is 0 Å². The number of fused-ring (bicyclic) bond motifs is 1. The van der Waals surface area contributed by atoms with Gasteiger partial charge in [0, 0.05) is 24.5 Å². The van der Waals surface area contributed by atoms with E-state index in [1.165, 1.54) is 10.4 Å². The van der Waals surface area contributed by atoms with Crippen molar-refractivity contribution in [3.05, 3.63) is 21.9 Å². The molecule has 0 spiro atoms. The maximum atomic E-state index is 12.1. The maximum absolute atomic E-state index is 12.1. The zero-order valence-corrected chi connectivity index (χ0v) is 12.0. The van der Waals surface area contributed by atoms with Gasteiger partial charge in [0.05, 0.1) is 5.41 Å². The Kier molecular flexibility index (Phi) is 3.80. The Hall–Kier alpha value is -1.56. The van der Waals surface area contributed by atoms with Gasteiger partial charge in [0.15, 0.2) is 0 Å². The molecule has 5 nitrogen and oxygen atoms in total. The summed E-state index contributed by atoms with van der Waals surface area (Å²) in [5, 5.41) is 4.84. The van der Waals surface area contributed by atoms with Crippen LogP contribution in [0.5, 0.6) is 0 Å². The number of primary amides is 1. The Morgan fingerprint density at radius 1 is 1.53 bits per heavy atom. The lowest BCUT2D eigenvalue weighted by atomic mass is 9.93.